The third kappa shape index (κ3) is 3.75. The fourth-order valence-electron chi connectivity index (χ4n) is 2.81. The summed E-state index contributed by atoms with van der Waals surface area (Å²) < 4.78 is 0. The summed E-state index contributed by atoms with van der Waals surface area (Å²) in [6.45, 7) is 2.06. The Morgan fingerprint density at radius 2 is 1.35 bits per heavy atom. The Labute approximate surface area is 137 Å². The van der Waals surface area contributed by atoms with Crippen molar-refractivity contribution in [3.8, 4) is 0 Å². The Morgan fingerprint density at radius 3 is 1.96 bits per heavy atom. The first kappa shape index (κ1) is 15.2. The van der Waals surface area contributed by atoms with Gasteiger partial charge < -0.3 is 0 Å². The average molecular weight is 300 g/mol. The van der Waals surface area contributed by atoms with Crippen LogP contribution >= 0.6 is 0 Å². The molecule has 0 N–H and O–H groups in total. The summed E-state index contributed by atoms with van der Waals surface area (Å²) in [5, 5.41) is 0. The number of hydrogen-bond donors (Lipinski definition) is 0. The minimum atomic E-state index is -0.152. The van der Waals surface area contributed by atoms with E-state index in [-0.39, 0.29) is 11.7 Å². The zero-order valence-electron chi connectivity index (χ0n) is 13.3. The minimum Gasteiger partial charge on any atom is -0.293 e. The van der Waals surface area contributed by atoms with E-state index in [1.54, 1.807) is 0 Å². The summed E-state index contributed by atoms with van der Waals surface area (Å²) in [5.41, 5.74) is 4.24. The zero-order valence-corrected chi connectivity index (χ0v) is 13.3. The normalized spacial score (nSPS) is 11.9. The van der Waals surface area contributed by atoms with Gasteiger partial charge in [0.1, 0.15) is 0 Å². The quantitative estimate of drug-likeness (QED) is 0.592. The highest BCUT2D eigenvalue weighted by atomic mass is 16.1. The molecule has 114 valence electrons. The third-order valence-electron chi connectivity index (χ3n) is 4.14. The van der Waals surface area contributed by atoms with E-state index < -0.39 is 0 Å². The van der Waals surface area contributed by atoms with E-state index in [4.69, 9.17) is 0 Å². The number of carbonyl (C=O) groups excluding carboxylic acids is 1. The predicted octanol–water partition coefficient (Wildman–Crippen LogP) is 5.20. The van der Waals surface area contributed by atoms with Crippen molar-refractivity contribution in [2.45, 2.75) is 19.3 Å². The molecule has 0 saturated carbocycles. The maximum Gasteiger partial charge on any atom is 0.170 e. The van der Waals surface area contributed by atoms with E-state index in [0.717, 1.165) is 17.5 Å². The second-order valence-electron chi connectivity index (χ2n) is 5.88. The van der Waals surface area contributed by atoms with Gasteiger partial charge in [0.15, 0.2) is 5.78 Å². The third-order valence-corrected chi connectivity index (χ3v) is 4.14. The van der Waals surface area contributed by atoms with E-state index in [0.29, 0.717) is 0 Å². The van der Waals surface area contributed by atoms with Crippen molar-refractivity contribution in [2.75, 3.05) is 0 Å². The maximum absolute atomic E-state index is 13.0. The standard InChI is InChI=1S/C22H20O/c1-17-12-14-19(15-13-17)21(16-18-8-4-2-5-9-18)22(23)20-10-6-3-7-11-20/h2-15,21H,16H2,1H3/t21-/m1/s1. The highest BCUT2D eigenvalue weighted by Gasteiger charge is 2.22. The van der Waals surface area contributed by atoms with Gasteiger partial charge in [-0.15, -0.1) is 0 Å². The number of hydrogen-bond acceptors (Lipinski definition) is 1. The van der Waals surface area contributed by atoms with Gasteiger partial charge in [-0.3, -0.25) is 4.79 Å². The first-order valence-electron chi connectivity index (χ1n) is 7.94. The molecule has 0 aromatic heterocycles. The predicted molar refractivity (Wildman–Crippen MR) is 94.8 cm³/mol. The van der Waals surface area contributed by atoms with E-state index in [1.165, 1.54) is 11.1 Å². The SMILES string of the molecule is Cc1ccc([C@@H](Cc2ccccc2)C(=O)c2ccccc2)cc1. The monoisotopic (exact) mass is 300 g/mol. The van der Waals surface area contributed by atoms with Crippen LogP contribution in [-0.2, 0) is 6.42 Å². The largest absolute Gasteiger partial charge is 0.293 e. The fourth-order valence-corrected chi connectivity index (χ4v) is 2.81. The Bertz CT molecular complexity index is 758. The smallest absolute Gasteiger partial charge is 0.170 e. The molecule has 0 bridgehead atoms. The number of aryl methyl sites for hydroxylation is 1. The van der Waals surface area contributed by atoms with Crippen LogP contribution in [0, 0.1) is 6.92 Å². The Morgan fingerprint density at radius 1 is 0.783 bits per heavy atom. The fraction of sp³-hybridized carbons (Fsp3) is 0.136. The number of ketones is 1. The number of Topliss-reactive ketones (excluding diaryl/α,β-unsaturated/α-hetero) is 1. The Balaban J connectivity index is 1.96. The Hall–Kier alpha value is -2.67. The molecular weight excluding hydrogens is 280 g/mol. The van der Waals surface area contributed by atoms with Gasteiger partial charge in [0, 0.05) is 5.56 Å². The molecule has 23 heavy (non-hydrogen) atoms. The van der Waals surface area contributed by atoms with E-state index in [2.05, 4.69) is 43.3 Å². The maximum atomic E-state index is 13.0. The summed E-state index contributed by atoms with van der Waals surface area (Å²) >= 11 is 0. The van der Waals surface area contributed by atoms with Crippen LogP contribution in [0.15, 0.2) is 84.9 Å². The lowest BCUT2D eigenvalue weighted by Crippen LogP contribution is -2.15. The topological polar surface area (TPSA) is 17.1 Å². The number of rotatable bonds is 5. The van der Waals surface area contributed by atoms with Gasteiger partial charge in [-0.1, -0.05) is 90.5 Å². The van der Waals surface area contributed by atoms with Crippen LogP contribution in [0.3, 0.4) is 0 Å². The molecule has 0 aliphatic rings. The molecular formula is C22H20O. The lowest BCUT2D eigenvalue weighted by atomic mass is 9.85. The number of benzene rings is 3. The summed E-state index contributed by atoms with van der Waals surface area (Å²) in [7, 11) is 0. The molecule has 3 aromatic rings. The molecule has 0 aliphatic carbocycles. The van der Waals surface area contributed by atoms with Crippen molar-refractivity contribution >= 4 is 5.78 Å². The first-order chi connectivity index (χ1) is 11.2. The van der Waals surface area contributed by atoms with Crippen molar-refractivity contribution < 1.29 is 4.79 Å². The molecule has 0 radical (unpaired) electrons. The Kier molecular flexibility index (Phi) is 4.68. The molecule has 1 atom stereocenters. The highest BCUT2D eigenvalue weighted by molar-refractivity contribution is 6.01. The molecule has 0 amide bonds. The molecule has 0 heterocycles. The van der Waals surface area contributed by atoms with Gasteiger partial charge in [0.2, 0.25) is 0 Å². The van der Waals surface area contributed by atoms with Crippen LogP contribution in [0.5, 0.6) is 0 Å². The highest BCUT2D eigenvalue weighted by Crippen LogP contribution is 2.25. The first-order valence-corrected chi connectivity index (χ1v) is 7.94. The summed E-state index contributed by atoms with van der Waals surface area (Å²) in [6.07, 6.45) is 0.720. The van der Waals surface area contributed by atoms with Crippen molar-refractivity contribution in [3.63, 3.8) is 0 Å². The van der Waals surface area contributed by atoms with Gasteiger partial charge in [-0.2, -0.15) is 0 Å². The van der Waals surface area contributed by atoms with Crippen LogP contribution < -0.4 is 0 Å². The van der Waals surface area contributed by atoms with E-state index in [1.807, 2.05) is 48.5 Å². The molecule has 0 aliphatic heterocycles. The second-order valence-corrected chi connectivity index (χ2v) is 5.88. The van der Waals surface area contributed by atoms with Gasteiger partial charge in [0.05, 0.1) is 5.92 Å². The van der Waals surface area contributed by atoms with Crippen molar-refractivity contribution in [3.05, 3.63) is 107 Å². The molecule has 1 nitrogen and oxygen atoms in total. The lowest BCUT2D eigenvalue weighted by Gasteiger charge is -2.17. The van der Waals surface area contributed by atoms with E-state index >= 15 is 0 Å². The molecule has 0 fully saturated rings. The van der Waals surface area contributed by atoms with Gasteiger partial charge in [-0.25, -0.2) is 0 Å². The van der Waals surface area contributed by atoms with Gasteiger partial charge in [-0.05, 0) is 24.5 Å². The summed E-state index contributed by atoms with van der Waals surface area (Å²) in [5.74, 6) is 0.0266. The molecule has 3 aromatic carbocycles. The van der Waals surface area contributed by atoms with Crippen LogP contribution in [-0.4, -0.2) is 5.78 Å². The zero-order chi connectivity index (χ0) is 16.1. The average Bonchev–Trinajstić information content (AvgIpc) is 2.62. The van der Waals surface area contributed by atoms with Crippen molar-refractivity contribution in [1.29, 1.82) is 0 Å². The molecule has 1 heteroatoms. The molecule has 0 saturated heterocycles. The number of carbonyl (C=O) groups is 1. The van der Waals surface area contributed by atoms with Gasteiger partial charge >= 0.3 is 0 Å². The molecule has 0 unspecified atom stereocenters. The molecule has 0 spiro atoms. The van der Waals surface area contributed by atoms with E-state index in [9.17, 15) is 4.79 Å². The van der Waals surface area contributed by atoms with Crippen molar-refractivity contribution in [1.82, 2.24) is 0 Å². The van der Waals surface area contributed by atoms with Crippen molar-refractivity contribution in [2.24, 2.45) is 0 Å². The van der Waals surface area contributed by atoms with Crippen LogP contribution in [0.1, 0.15) is 33.0 Å². The second kappa shape index (κ2) is 7.06. The molecule has 3 rings (SSSR count). The summed E-state index contributed by atoms with van der Waals surface area (Å²) in [6, 6.07) is 28.1. The minimum absolute atomic E-state index is 0.152. The van der Waals surface area contributed by atoms with Gasteiger partial charge in [0.25, 0.3) is 0 Å². The van der Waals surface area contributed by atoms with Crippen LogP contribution in [0.4, 0.5) is 0 Å². The van der Waals surface area contributed by atoms with Crippen LogP contribution in [0.25, 0.3) is 0 Å². The van der Waals surface area contributed by atoms with Crippen LogP contribution in [0.2, 0.25) is 0 Å². The summed E-state index contributed by atoms with van der Waals surface area (Å²) in [4.78, 5) is 13.0. The lowest BCUT2D eigenvalue weighted by molar-refractivity contribution is 0.0959.